The SMILES string of the molecule is [2H]C(O)[C@H](O)[C@@H](O)[C@H](O)[C@H](O)CO. The first-order valence-electron chi connectivity index (χ1n) is 3.93. The highest BCUT2D eigenvalue weighted by molar-refractivity contribution is 4.79. The Bertz CT molecular complexity index is 143. The maximum Gasteiger partial charge on any atom is 0.111 e. The van der Waals surface area contributed by atoms with Crippen LogP contribution in [0.4, 0.5) is 0 Å². The summed E-state index contributed by atoms with van der Waals surface area (Å²) in [5.74, 6) is 0. The fourth-order valence-corrected chi connectivity index (χ4v) is 0.626. The van der Waals surface area contributed by atoms with Crippen molar-refractivity contribution >= 4 is 0 Å². The van der Waals surface area contributed by atoms with Crippen LogP contribution in [0.2, 0.25) is 0 Å². The molecular weight excluding hydrogens is 168 g/mol. The smallest absolute Gasteiger partial charge is 0.111 e. The Hall–Kier alpha value is -0.240. The second-order valence-corrected chi connectivity index (χ2v) is 2.37. The van der Waals surface area contributed by atoms with Gasteiger partial charge in [-0.05, 0) is 0 Å². The molecule has 0 saturated heterocycles. The van der Waals surface area contributed by atoms with Crippen molar-refractivity contribution in [2.75, 3.05) is 13.2 Å². The summed E-state index contributed by atoms with van der Waals surface area (Å²) in [4.78, 5) is 0. The second kappa shape index (κ2) is 5.41. The van der Waals surface area contributed by atoms with Gasteiger partial charge in [0.15, 0.2) is 0 Å². The molecule has 0 spiro atoms. The average Bonchev–Trinajstić information content (AvgIpc) is 2.12. The van der Waals surface area contributed by atoms with Gasteiger partial charge in [0.05, 0.1) is 14.6 Å². The van der Waals surface area contributed by atoms with Crippen molar-refractivity contribution in [2.24, 2.45) is 0 Å². The van der Waals surface area contributed by atoms with E-state index < -0.39 is 37.6 Å². The monoisotopic (exact) mass is 183 g/mol. The van der Waals surface area contributed by atoms with E-state index in [-0.39, 0.29) is 0 Å². The summed E-state index contributed by atoms with van der Waals surface area (Å²) in [6.45, 7) is -2.77. The van der Waals surface area contributed by atoms with Gasteiger partial charge in [-0.15, -0.1) is 0 Å². The minimum atomic E-state index is -1.98. The van der Waals surface area contributed by atoms with E-state index in [0.717, 1.165) is 0 Å². The van der Waals surface area contributed by atoms with Crippen LogP contribution in [0.25, 0.3) is 0 Å². The number of hydrogen-bond acceptors (Lipinski definition) is 6. The van der Waals surface area contributed by atoms with Crippen molar-refractivity contribution in [3.05, 3.63) is 0 Å². The molecule has 6 N–H and O–H groups in total. The van der Waals surface area contributed by atoms with Gasteiger partial charge in [0, 0.05) is 0 Å². The fourth-order valence-electron chi connectivity index (χ4n) is 0.626. The second-order valence-electron chi connectivity index (χ2n) is 2.37. The molecule has 0 saturated carbocycles. The highest BCUT2D eigenvalue weighted by Gasteiger charge is 2.29. The van der Waals surface area contributed by atoms with Crippen LogP contribution < -0.4 is 0 Å². The zero-order valence-electron chi connectivity index (χ0n) is 7.28. The zero-order chi connectivity index (χ0) is 10.6. The summed E-state index contributed by atoms with van der Waals surface area (Å²) in [7, 11) is 0. The first kappa shape index (κ1) is 9.85. The number of rotatable bonds is 5. The zero-order valence-corrected chi connectivity index (χ0v) is 6.28. The van der Waals surface area contributed by atoms with E-state index in [1.54, 1.807) is 0 Å². The normalized spacial score (nSPS) is 25.3. The van der Waals surface area contributed by atoms with E-state index in [1.807, 2.05) is 0 Å². The van der Waals surface area contributed by atoms with Gasteiger partial charge in [-0.3, -0.25) is 0 Å². The Morgan fingerprint density at radius 3 is 1.67 bits per heavy atom. The highest BCUT2D eigenvalue weighted by atomic mass is 16.4. The van der Waals surface area contributed by atoms with Gasteiger partial charge in [0.2, 0.25) is 0 Å². The van der Waals surface area contributed by atoms with Crippen molar-refractivity contribution in [3.8, 4) is 0 Å². The van der Waals surface area contributed by atoms with Crippen molar-refractivity contribution in [2.45, 2.75) is 24.4 Å². The molecule has 0 fully saturated rings. The van der Waals surface area contributed by atoms with Crippen molar-refractivity contribution in [1.29, 1.82) is 0 Å². The Kier molecular flexibility index (Phi) is 4.44. The van der Waals surface area contributed by atoms with E-state index in [0.29, 0.717) is 0 Å². The fraction of sp³-hybridized carbons (Fsp3) is 1.00. The largest absolute Gasteiger partial charge is 0.394 e. The molecule has 0 aliphatic heterocycles. The lowest BCUT2D eigenvalue weighted by molar-refractivity contribution is -0.123. The molecule has 0 aliphatic rings. The Balaban J connectivity index is 4.15. The minimum Gasteiger partial charge on any atom is -0.394 e. The molecular formula is C6H14O6. The molecule has 0 aromatic rings. The third-order valence-corrected chi connectivity index (χ3v) is 1.43. The van der Waals surface area contributed by atoms with Crippen LogP contribution in [0.1, 0.15) is 1.37 Å². The molecule has 0 aromatic carbocycles. The van der Waals surface area contributed by atoms with Crippen LogP contribution >= 0.6 is 0 Å². The van der Waals surface area contributed by atoms with E-state index in [9.17, 15) is 0 Å². The van der Waals surface area contributed by atoms with Crippen molar-refractivity contribution in [1.82, 2.24) is 0 Å². The standard InChI is InChI=1S/C6H14O6/c7-1-3(9)5(11)6(12)4(10)2-8/h3-12H,1-2H2/t3-,4+,5-,6-/m1/s1/i1D/t1?,3-,4+,5+,6+/m0. The predicted molar refractivity (Wildman–Crippen MR) is 38.2 cm³/mol. The topological polar surface area (TPSA) is 121 Å². The average molecular weight is 183 g/mol. The third-order valence-electron chi connectivity index (χ3n) is 1.43. The van der Waals surface area contributed by atoms with Gasteiger partial charge < -0.3 is 30.6 Å². The maximum absolute atomic E-state index is 9.01. The van der Waals surface area contributed by atoms with Crippen LogP contribution in [0.15, 0.2) is 0 Å². The molecule has 0 aliphatic carbocycles. The molecule has 0 amide bonds. The summed E-state index contributed by atoms with van der Waals surface area (Å²) in [5.41, 5.74) is 0. The van der Waals surface area contributed by atoms with Crippen LogP contribution in [0, 0.1) is 0 Å². The lowest BCUT2D eigenvalue weighted by atomic mass is 10.0. The third kappa shape index (κ3) is 3.02. The highest BCUT2D eigenvalue weighted by Crippen LogP contribution is 2.03. The summed E-state index contributed by atoms with van der Waals surface area (Å²) in [6, 6.07) is 0. The molecule has 0 bridgehead atoms. The lowest BCUT2D eigenvalue weighted by Crippen LogP contribution is -2.46. The summed E-state index contributed by atoms with van der Waals surface area (Å²) < 4.78 is 6.60. The van der Waals surface area contributed by atoms with Gasteiger partial charge in [0.25, 0.3) is 0 Å². The lowest BCUT2D eigenvalue weighted by Gasteiger charge is -2.24. The van der Waals surface area contributed by atoms with Crippen LogP contribution in [0.3, 0.4) is 0 Å². The first-order valence-corrected chi connectivity index (χ1v) is 3.35. The van der Waals surface area contributed by atoms with E-state index in [2.05, 4.69) is 0 Å². The predicted octanol–water partition coefficient (Wildman–Crippen LogP) is -3.59. The minimum absolute atomic E-state index is 0.793. The molecule has 5 atom stereocenters. The van der Waals surface area contributed by atoms with Gasteiger partial charge in [0.1, 0.15) is 24.4 Å². The maximum atomic E-state index is 9.01. The molecule has 6 heteroatoms. The summed E-state index contributed by atoms with van der Waals surface area (Å²) in [5, 5.41) is 52.5. The first-order chi connectivity index (χ1) is 5.91. The van der Waals surface area contributed by atoms with Crippen LogP contribution in [0.5, 0.6) is 0 Å². The Morgan fingerprint density at radius 2 is 1.33 bits per heavy atom. The molecule has 0 heterocycles. The molecule has 0 rings (SSSR count). The van der Waals surface area contributed by atoms with Crippen LogP contribution in [-0.2, 0) is 0 Å². The summed E-state index contributed by atoms with van der Waals surface area (Å²) >= 11 is 0. The number of aliphatic hydroxyl groups excluding tert-OH is 6. The molecule has 1 unspecified atom stereocenters. The Morgan fingerprint density at radius 1 is 0.917 bits per heavy atom. The summed E-state index contributed by atoms with van der Waals surface area (Å²) in [6.07, 6.45) is -7.20. The van der Waals surface area contributed by atoms with Gasteiger partial charge >= 0.3 is 0 Å². The molecule has 0 aromatic heterocycles. The quantitative estimate of drug-likeness (QED) is 0.262. The van der Waals surface area contributed by atoms with Gasteiger partial charge in [-0.25, -0.2) is 0 Å². The molecule has 6 nitrogen and oxygen atoms in total. The van der Waals surface area contributed by atoms with E-state index in [4.69, 9.17) is 32.0 Å². The molecule has 0 radical (unpaired) electrons. The molecule has 12 heavy (non-hydrogen) atoms. The number of aliphatic hydroxyl groups is 6. The molecule has 74 valence electrons. The van der Waals surface area contributed by atoms with E-state index >= 15 is 0 Å². The Labute approximate surface area is 70.7 Å². The van der Waals surface area contributed by atoms with E-state index in [1.165, 1.54) is 0 Å². The van der Waals surface area contributed by atoms with Gasteiger partial charge in [-0.2, -0.15) is 0 Å². The van der Waals surface area contributed by atoms with Crippen molar-refractivity contribution < 1.29 is 32.0 Å². The van der Waals surface area contributed by atoms with Crippen LogP contribution in [-0.4, -0.2) is 68.2 Å². The van der Waals surface area contributed by atoms with Gasteiger partial charge in [-0.1, -0.05) is 0 Å². The van der Waals surface area contributed by atoms with Crippen molar-refractivity contribution in [3.63, 3.8) is 0 Å². The number of hydrogen-bond donors (Lipinski definition) is 6.